The molecule has 19 heavy (non-hydrogen) atoms. The van der Waals surface area contributed by atoms with Gasteiger partial charge in [0.05, 0.1) is 6.61 Å². The van der Waals surface area contributed by atoms with E-state index >= 15 is 0 Å². The molecule has 4 N–H and O–H groups in total. The van der Waals surface area contributed by atoms with Crippen LogP contribution in [0, 0.1) is 5.92 Å². The van der Waals surface area contributed by atoms with E-state index in [-0.39, 0.29) is 0 Å². The van der Waals surface area contributed by atoms with E-state index in [4.69, 9.17) is 16.2 Å². The maximum absolute atomic E-state index is 5.94. The summed E-state index contributed by atoms with van der Waals surface area (Å²) in [6, 6.07) is 11.5. The number of hydrogen-bond acceptors (Lipinski definition) is 4. The summed E-state index contributed by atoms with van der Waals surface area (Å²) < 4.78 is 5.89. The van der Waals surface area contributed by atoms with E-state index in [2.05, 4.69) is 4.98 Å². The molecule has 98 valence electrons. The molecule has 1 aliphatic carbocycles. The Morgan fingerprint density at radius 3 is 2.58 bits per heavy atom. The van der Waals surface area contributed by atoms with Crippen molar-refractivity contribution in [3.8, 4) is 16.9 Å². The first-order chi connectivity index (χ1) is 9.24. The highest BCUT2D eigenvalue weighted by atomic mass is 16.5. The van der Waals surface area contributed by atoms with Gasteiger partial charge in [-0.25, -0.2) is 4.98 Å². The number of nitrogen functional groups attached to an aromatic ring is 2. The molecule has 4 nitrogen and oxygen atoms in total. The molecule has 0 atom stereocenters. The van der Waals surface area contributed by atoms with Crippen LogP contribution in [0.1, 0.15) is 12.8 Å². The summed E-state index contributed by atoms with van der Waals surface area (Å²) in [5.41, 5.74) is 13.4. The summed E-state index contributed by atoms with van der Waals surface area (Å²) in [4.78, 5) is 4.10. The Morgan fingerprint density at radius 1 is 1.05 bits per heavy atom. The van der Waals surface area contributed by atoms with Crippen molar-refractivity contribution in [3.05, 3.63) is 36.4 Å². The molecule has 1 saturated carbocycles. The zero-order valence-corrected chi connectivity index (χ0v) is 10.7. The van der Waals surface area contributed by atoms with Crippen LogP contribution in [0.3, 0.4) is 0 Å². The van der Waals surface area contributed by atoms with E-state index in [1.807, 2.05) is 30.3 Å². The Morgan fingerprint density at radius 2 is 1.84 bits per heavy atom. The molecule has 4 heteroatoms. The third kappa shape index (κ3) is 2.62. The van der Waals surface area contributed by atoms with Crippen LogP contribution in [0.5, 0.6) is 5.75 Å². The van der Waals surface area contributed by atoms with Crippen molar-refractivity contribution in [2.75, 3.05) is 18.1 Å². The second-order valence-electron chi connectivity index (χ2n) is 4.92. The monoisotopic (exact) mass is 255 g/mol. The first-order valence-corrected chi connectivity index (χ1v) is 6.48. The molecule has 1 heterocycles. The van der Waals surface area contributed by atoms with Gasteiger partial charge in [-0.3, -0.25) is 0 Å². The highest BCUT2D eigenvalue weighted by Crippen LogP contribution is 2.35. The molecule has 0 saturated heterocycles. The van der Waals surface area contributed by atoms with E-state index in [0.717, 1.165) is 29.4 Å². The van der Waals surface area contributed by atoms with Gasteiger partial charge in [-0.2, -0.15) is 0 Å². The summed E-state index contributed by atoms with van der Waals surface area (Å²) in [5, 5.41) is 0. The quantitative estimate of drug-likeness (QED) is 0.880. The van der Waals surface area contributed by atoms with Gasteiger partial charge in [0.25, 0.3) is 0 Å². The highest BCUT2D eigenvalue weighted by molar-refractivity contribution is 5.79. The van der Waals surface area contributed by atoms with Crippen LogP contribution < -0.4 is 16.2 Å². The highest BCUT2D eigenvalue weighted by Gasteiger charge is 2.22. The van der Waals surface area contributed by atoms with E-state index in [1.165, 1.54) is 12.8 Å². The predicted octanol–water partition coefficient (Wildman–Crippen LogP) is 2.70. The molecule has 0 spiro atoms. The summed E-state index contributed by atoms with van der Waals surface area (Å²) in [5.74, 6) is 2.43. The zero-order valence-electron chi connectivity index (χ0n) is 10.7. The van der Waals surface area contributed by atoms with Crippen molar-refractivity contribution in [2.24, 2.45) is 5.92 Å². The van der Waals surface area contributed by atoms with Gasteiger partial charge in [-0.05, 0) is 37.0 Å². The number of aromatic nitrogens is 1. The number of ether oxygens (including phenoxy) is 1. The number of benzene rings is 1. The lowest BCUT2D eigenvalue weighted by atomic mass is 10.1. The van der Waals surface area contributed by atoms with E-state index < -0.39 is 0 Å². The van der Waals surface area contributed by atoms with Crippen LogP contribution in [0.25, 0.3) is 11.1 Å². The number of pyridine rings is 1. The molecule has 1 fully saturated rings. The van der Waals surface area contributed by atoms with Gasteiger partial charge in [0.2, 0.25) is 0 Å². The first-order valence-electron chi connectivity index (χ1n) is 6.48. The van der Waals surface area contributed by atoms with Gasteiger partial charge < -0.3 is 16.2 Å². The number of nitrogens with zero attached hydrogens (tertiary/aromatic N) is 1. The molecular weight excluding hydrogens is 238 g/mol. The lowest BCUT2D eigenvalue weighted by Gasteiger charge is -2.12. The average molecular weight is 255 g/mol. The Labute approximate surface area is 112 Å². The fraction of sp³-hybridized carbons (Fsp3) is 0.267. The first kappa shape index (κ1) is 11.8. The predicted molar refractivity (Wildman–Crippen MR) is 76.7 cm³/mol. The van der Waals surface area contributed by atoms with E-state index in [1.54, 1.807) is 6.07 Å². The maximum Gasteiger partial charge on any atom is 0.133 e. The summed E-state index contributed by atoms with van der Waals surface area (Å²) in [6.07, 6.45) is 2.54. The molecule has 0 amide bonds. The van der Waals surface area contributed by atoms with E-state index in [9.17, 15) is 0 Å². The van der Waals surface area contributed by atoms with Gasteiger partial charge in [-0.1, -0.05) is 18.2 Å². The molecule has 1 aromatic carbocycles. The molecule has 2 aromatic rings. The smallest absolute Gasteiger partial charge is 0.133 e. The third-order valence-electron chi connectivity index (χ3n) is 3.29. The van der Waals surface area contributed by atoms with Crippen LogP contribution in [0.15, 0.2) is 36.4 Å². The summed E-state index contributed by atoms with van der Waals surface area (Å²) in [7, 11) is 0. The molecule has 0 radical (unpaired) electrons. The normalized spacial score (nSPS) is 14.3. The number of anilines is 2. The van der Waals surface area contributed by atoms with Gasteiger partial charge in [0.1, 0.15) is 17.4 Å². The minimum Gasteiger partial charge on any atom is -0.493 e. The molecule has 0 bridgehead atoms. The Bertz CT molecular complexity index is 594. The molecule has 0 unspecified atom stereocenters. The Balaban J connectivity index is 1.93. The minimum absolute atomic E-state index is 0.428. The van der Waals surface area contributed by atoms with Crippen molar-refractivity contribution in [2.45, 2.75) is 12.8 Å². The van der Waals surface area contributed by atoms with Crippen molar-refractivity contribution in [1.29, 1.82) is 0 Å². The second-order valence-corrected chi connectivity index (χ2v) is 4.92. The van der Waals surface area contributed by atoms with Crippen LogP contribution in [0.2, 0.25) is 0 Å². The lowest BCUT2D eigenvalue weighted by Crippen LogP contribution is -2.02. The topological polar surface area (TPSA) is 74.2 Å². The van der Waals surface area contributed by atoms with Gasteiger partial charge in [0.15, 0.2) is 0 Å². The molecule has 1 aliphatic rings. The average Bonchev–Trinajstić information content (AvgIpc) is 3.21. The summed E-state index contributed by atoms with van der Waals surface area (Å²) in [6.45, 7) is 0.777. The van der Waals surface area contributed by atoms with Crippen molar-refractivity contribution in [3.63, 3.8) is 0 Å². The largest absolute Gasteiger partial charge is 0.493 e. The fourth-order valence-electron chi connectivity index (χ4n) is 2.03. The van der Waals surface area contributed by atoms with Crippen LogP contribution in [-0.2, 0) is 0 Å². The third-order valence-corrected chi connectivity index (χ3v) is 3.29. The van der Waals surface area contributed by atoms with Crippen molar-refractivity contribution in [1.82, 2.24) is 4.98 Å². The number of para-hydroxylation sites is 1. The molecular formula is C15H17N3O. The molecule has 1 aromatic heterocycles. The fourth-order valence-corrected chi connectivity index (χ4v) is 2.03. The van der Waals surface area contributed by atoms with Crippen molar-refractivity contribution >= 4 is 11.6 Å². The van der Waals surface area contributed by atoms with Crippen LogP contribution in [-0.4, -0.2) is 11.6 Å². The Hall–Kier alpha value is -2.23. The molecule has 0 aliphatic heterocycles. The van der Waals surface area contributed by atoms with Gasteiger partial charge in [0, 0.05) is 11.1 Å². The number of hydrogen-bond donors (Lipinski definition) is 2. The minimum atomic E-state index is 0.428. The summed E-state index contributed by atoms with van der Waals surface area (Å²) >= 11 is 0. The van der Waals surface area contributed by atoms with Crippen LogP contribution >= 0.6 is 0 Å². The standard InChI is InChI=1S/C15H17N3O/c16-14-8-7-12(15(17)18-14)11-3-1-2-4-13(11)19-9-10-5-6-10/h1-4,7-8,10H,5-6,9H2,(H4,16,17,18). The van der Waals surface area contributed by atoms with Crippen LogP contribution in [0.4, 0.5) is 11.6 Å². The van der Waals surface area contributed by atoms with Gasteiger partial charge >= 0.3 is 0 Å². The SMILES string of the molecule is Nc1ccc(-c2ccccc2OCC2CC2)c(N)n1. The number of nitrogens with two attached hydrogens (primary N) is 2. The maximum atomic E-state index is 5.94. The second kappa shape index (κ2) is 4.80. The zero-order chi connectivity index (χ0) is 13.2. The van der Waals surface area contributed by atoms with E-state index in [0.29, 0.717) is 11.6 Å². The van der Waals surface area contributed by atoms with Gasteiger partial charge in [-0.15, -0.1) is 0 Å². The Kier molecular flexibility index (Phi) is 2.99. The lowest BCUT2D eigenvalue weighted by molar-refractivity contribution is 0.301. The number of rotatable bonds is 4. The molecule has 3 rings (SSSR count). The van der Waals surface area contributed by atoms with Crippen molar-refractivity contribution < 1.29 is 4.74 Å².